The van der Waals surface area contributed by atoms with Gasteiger partial charge in [0.2, 0.25) is 5.82 Å². The van der Waals surface area contributed by atoms with Gasteiger partial charge in [0.05, 0.1) is 28.6 Å². The average molecular weight is 435 g/mol. The van der Waals surface area contributed by atoms with Gasteiger partial charge in [-0.1, -0.05) is 12.1 Å². The van der Waals surface area contributed by atoms with Crippen molar-refractivity contribution >= 4 is 22.7 Å². The quantitative estimate of drug-likeness (QED) is 0.333. The summed E-state index contributed by atoms with van der Waals surface area (Å²) in [6, 6.07) is 15.7. The molecule has 9 heteroatoms. The van der Waals surface area contributed by atoms with Gasteiger partial charge in [0.15, 0.2) is 0 Å². The van der Waals surface area contributed by atoms with Crippen molar-refractivity contribution in [3.63, 3.8) is 0 Å². The summed E-state index contributed by atoms with van der Waals surface area (Å²) in [7, 11) is 1.59. The van der Waals surface area contributed by atoms with Crippen LogP contribution in [0.2, 0.25) is 0 Å². The Bertz CT molecular complexity index is 1330. The highest BCUT2D eigenvalue weighted by atomic mass is 19.1. The number of benzene rings is 3. The molecule has 0 radical (unpaired) electrons. The number of halogens is 1. The monoisotopic (exact) mass is 435 g/mol. The Labute approximate surface area is 181 Å². The number of imidazole rings is 1. The standard InChI is InChI=1S/C23H18FN3O5/c1-32-17-6-2-14(3-7-17)10-11-26-20-9-5-16(23(28)29)12-19(20)25-22(26)15-4-8-18(24)21(13-15)27(30)31/h2-9,12-13H,10-11H2,1H3,(H,28,29). The lowest BCUT2D eigenvalue weighted by Gasteiger charge is -2.10. The molecule has 32 heavy (non-hydrogen) atoms. The van der Waals surface area contributed by atoms with Gasteiger partial charge in [-0.25, -0.2) is 9.78 Å². The highest BCUT2D eigenvalue weighted by Gasteiger charge is 2.20. The number of hydrogen-bond acceptors (Lipinski definition) is 5. The molecular formula is C23H18FN3O5. The number of aromatic nitrogens is 2. The minimum Gasteiger partial charge on any atom is -0.497 e. The van der Waals surface area contributed by atoms with E-state index in [4.69, 9.17) is 4.74 Å². The van der Waals surface area contributed by atoms with Crippen LogP contribution in [0.1, 0.15) is 15.9 Å². The number of hydrogen-bond donors (Lipinski definition) is 1. The first kappa shape index (κ1) is 21.0. The summed E-state index contributed by atoms with van der Waals surface area (Å²) in [5.74, 6) is -0.895. The number of carboxylic acid groups (broad SMARTS) is 1. The molecule has 0 unspecified atom stereocenters. The number of aryl methyl sites for hydroxylation is 2. The predicted molar refractivity (Wildman–Crippen MR) is 115 cm³/mol. The van der Waals surface area contributed by atoms with Crippen molar-refractivity contribution in [3.05, 3.63) is 87.7 Å². The molecule has 4 aromatic rings. The lowest BCUT2D eigenvalue weighted by atomic mass is 10.1. The van der Waals surface area contributed by atoms with Crippen LogP contribution in [0.3, 0.4) is 0 Å². The van der Waals surface area contributed by atoms with Crippen LogP contribution >= 0.6 is 0 Å². The van der Waals surface area contributed by atoms with Crippen molar-refractivity contribution in [2.75, 3.05) is 7.11 Å². The molecule has 0 spiro atoms. The van der Waals surface area contributed by atoms with E-state index < -0.39 is 22.4 Å². The molecule has 0 bridgehead atoms. The zero-order chi connectivity index (χ0) is 22.8. The SMILES string of the molecule is COc1ccc(CCn2c(-c3ccc(F)c([N+](=O)[O-])c3)nc3cc(C(=O)O)ccc32)cc1. The maximum absolute atomic E-state index is 13.9. The summed E-state index contributed by atoms with van der Waals surface area (Å²) in [6.07, 6.45) is 0.617. The summed E-state index contributed by atoms with van der Waals surface area (Å²) in [5.41, 5.74) is 1.93. The van der Waals surface area contributed by atoms with Crippen LogP contribution in [0.15, 0.2) is 60.7 Å². The molecule has 4 rings (SSSR count). The predicted octanol–water partition coefficient (Wildman–Crippen LogP) is 4.70. The lowest BCUT2D eigenvalue weighted by molar-refractivity contribution is -0.387. The molecule has 3 aromatic carbocycles. The number of nitro groups is 1. The Balaban J connectivity index is 1.80. The highest BCUT2D eigenvalue weighted by molar-refractivity contribution is 5.93. The van der Waals surface area contributed by atoms with Gasteiger partial charge in [-0.2, -0.15) is 4.39 Å². The van der Waals surface area contributed by atoms with Crippen LogP contribution < -0.4 is 4.74 Å². The van der Waals surface area contributed by atoms with E-state index in [0.717, 1.165) is 23.4 Å². The number of carboxylic acids is 1. The summed E-state index contributed by atoms with van der Waals surface area (Å²) in [5, 5.41) is 20.5. The number of methoxy groups -OCH3 is 1. The van der Waals surface area contributed by atoms with E-state index in [0.29, 0.717) is 35.4 Å². The van der Waals surface area contributed by atoms with E-state index in [-0.39, 0.29) is 5.56 Å². The molecule has 0 saturated heterocycles. The van der Waals surface area contributed by atoms with Gasteiger partial charge in [0.1, 0.15) is 11.6 Å². The minimum atomic E-state index is -1.08. The van der Waals surface area contributed by atoms with Crippen LogP contribution in [-0.2, 0) is 13.0 Å². The van der Waals surface area contributed by atoms with E-state index in [9.17, 15) is 24.4 Å². The lowest BCUT2D eigenvalue weighted by Crippen LogP contribution is -2.04. The second kappa shape index (κ2) is 8.46. The van der Waals surface area contributed by atoms with Crippen molar-refractivity contribution in [1.82, 2.24) is 9.55 Å². The van der Waals surface area contributed by atoms with Crippen LogP contribution in [0.4, 0.5) is 10.1 Å². The van der Waals surface area contributed by atoms with Gasteiger partial charge < -0.3 is 14.4 Å². The van der Waals surface area contributed by atoms with Crippen molar-refractivity contribution in [1.29, 1.82) is 0 Å². The Kier molecular flexibility index (Phi) is 5.55. The fourth-order valence-corrected chi connectivity index (χ4v) is 3.53. The molecule has 0 fully saturated rings. The fourth-order valence-electron chi connectivity index (χ4n) is 3.53. The number of ether oxygens (including phenoxy) is 1. The molecule has 0 aliphatic rings. The number of aromatic carboxylic acids is 1. The Morgan fingerprint density at radius 3 is 2.56 bits per heavy atom. The first-order valence-electron chi connectivity index (χ1n) is 9.68. The summed E-state index contributed by atoms with van der Waals surface area (Å²) in [4.78, 5) is 26.3. The molecule has 8 nitrogen and oxygen atoms in total. The smallest absolute Gasteiger partial charge is 0.335 e. The molecule has 0 aliphatic carbocycles. The van der Waals surface area contributed by atoms with Gasteiger partial charge in [-0.3, -0.25) is 10.1 Å². The zero-order valence-electron chi connectivity index (χ0n) is 17.0. The molecule has 1 aromatic heterocycles. The van der Waals surface area contributed by atoms with Crippen molar-refractivity contribution in [2.24, 2.45) is 0 Å². The maximum Gasteiger partial charge on any atom is 0.335 e. The van der Waals surface area contributed by atoms with Crippen LogP contribution in [-0.4, -0.2) is 32.7 Å². The number of nitrogens with zero attached hydrogens (tertiary/aromatic N) is 3. The third kappa shape index (κ3) is 4.00. The second-order valence-electron chi connectivity index (χ2n) is 7.12. The molecule has 0 atom stereocenters. The number of fused-ring (bicyclic) bond motifs is 1. The molecular weight excluding hydrogens is 417 g/mol. The van der Waals surface area contributed by atoms with E-state index >= 15 is 0 Å². The second-order valence-corrected chi connectivity index (χ2v) is 7.12. The molecule has 0 amide bonds. The third-order valence-electron chi connectivity index (χ3n) is 5.18. The van der Waals surface area contributed by atoms with Gasteiger partial charge in [0.25, 0.3) is 0 Å². The van der Waals surface area contributed by atoms with Gasteiger partial charge in [0, 0.05) is 18.2 Å². The van der Waals surface area contributed by atoms with Crippen LogP contribution in [0.5, 0.6) is 5.75 Å². The third-order valence-corrected chi connectivity index (χ3v) is 5.18. The van der Waals surface area contributed by atoms with E-state index in [1.165, 1.54) is 18.2 Å². The van der Waals surface area contributed by atoms with Crippen molar-refractivity contribution in [2.45, 2.75) is 13.0 Å². The minimum absolute atomic E-state index is 0.0777. The van der Waals surface area contributed by atoms with Crippen LogP contribution in [0, 0.1) is 15.9 Å². The van der Waals surface area contributed by atoms with Crippen molar-refractivity contribution in [3.8, 4) is 17.1 Å². The zero-order valence-corrected chi connectivity index (χ0v) is 17.0. The Morgan fingerprint density at radius 2 is 1.91 bits per heavy atom. The number of carbonyl (C=O) groups is 1. The number of nitro benzene ring substituents is 1. The summed E-state index contributed by atoms with van der Waals surface area (Å²) >= 11 is 0. The maximum atomic E-state index is 13.9. The Morgan fingerprint density at radius 1 is 1.16 bits per heavy atom. The van der Waals surface area contributed by atoms with E-state index in [1.807, 2.05) is 28.8 Å². The fraction of sp³-hybridized carbons (Fsp3) is 0.130. The topological polar surface area (TPSA) is 107 Å². The largest absolute Gasteiger partial charge is 0.497 e. The molecule has 1 heterocycles. The van der Waals surface area contributed by atoms with Crippen molar-refractivity contribution < 1.29 is 24.0 Å². The first-order valence-corrected chi connectivity index (χ1v) is 9.68. The van der Waals surface area contributed by atoms with Gasteiger partial charge in [-0.05, 0) is 54.4 Å². The highest BCUT2D eigenvalue weighted by Crippen LogP contribution is 2.30. The number of rotatable bonds is 7. The average Bonchev–Trinajstić information content (AvgIpc) is 3.15. The summed E-state index contributed by atoms with van der Waals surface area (Å²) < 4.78 is 20.9. The molecule has 1 N–H and O–H groups in total. The molecule has 0 saturated carbocycles. The molecule has 162 valence electrons. The van der Waals surface area contributed by atoms with Crippen LogP contribution in [0.25, 0.3) is 22.4 Å². The normalized spacial score (nSPS) is 10.9. The first-order chi connectivity index (χ1) is 15.4. The van der Waals surface area contributed by atoms with Gasteiger partial charge >= 0.3 is 11.7 Å². The van der Waals surface area contributed by atoms with Gasteiger partial charge in [-0.15, -0.1) is 0 Å². The van der Waals surface area contributed by atoms with E-state index in [1.54, 1.807) is 13.2 Å². The van der Waals surface area contributed by atoms with E-state index in [2.05, 4.69) is 4.98 Å². The Hall–Kier alpha value is -4.27. The molecule has 0 aliphatic heterocycles. The summed E-state index contributed by atoms with van der Waals surface area (Å²) in [6.45, 7) is 0.468.